The Morgan fingerprint density at radius 1 is 1.05 bits per heavy atom. The van der Waals surface area contributed by atoms with Crippen LogP contribution in [0.2, 0.25) is 0 Å². The van der Waals surface area contributed by atoms with Gasteiger partial charge < -0.3 is 14.8 Å². The molecule has 0 radical (unpaired) electrons. The predicted octanol–water partition coefficient (Wildman–Crippen LogP) is 3.79. The van der Waals surface area contributed by atoms with Crippen molar-refractivity contribution in [3.8, 4) is 11.5 Å². The maximum absolute atomic E-state index is 6.15. The van der Waals surface area contributed by atoms with Crippen LogP contribution in [-0.4, -0.2) is 19.3 Å². The summed E-state index contributed by atoms with van der Waals surface area (Å²) in [5.41, 5.74) is 1.29. The van der Waals surface area contributed by atoms with Gasteiger partial charge in [0.25, 0.3) is 0 Å². The molecule has 2 saturated carbocycles. The Morgan fingerprint density at radius 2 is 1.73 bits per heavy atom. The summed E-state index contributed by atoms with van der Waals surface area (Å²) in [6, 6.07) is 5.03. The van der Waals surface area contributed by atoms with E-state index in [9.17, 15) is 0 Å². The van der Waals surface area contributed by atoms with Crippen LogP contribution in [0, 0.1) is 0 Å². The summed E-state index contributed by atoms with van der Waals surface area (Å²) in [5.74, 6) is 1.75. The highest BCUT2D eigenvalue weighted by molar-refractivity contribution is 9.10. The van der Waals surface area contributed by atoms with Crippen molar-refractivity contribution in [3.63, 3.8) is 0 Å². The number of quaternary nitrogens is 1. The van der Waals surface area contributed by atoms with Crippen LogP contribution in [-0.2, 0) is 6.54 Å². The quantitative estimate of drug-likeness (QED) is 0.828. The Hall–Kier alpha value is -0.740. The summed E-state index contributed by atoms with van der Waals surface area (Å²) in [6.07, 6.45) is 10.7. The van der Waals surface area contributed by atoms with Crippen molar-refractivity contribution in [3.05, 3.63) is 22.2 Å². The van der Waals surface area contributed by atoms with E-state index >= 15 is 0 Å². The third-order valence-electron chi connectivity index (χ3n) is 5.00. The topological polar surface area (TPSA) is 35.1 Å². The normalized spacial score (nSPS) is 19.7. The molecule has 122 valence electrons. The van der Waals surface area contributed by atoms with Crippen LogP contribution in [0.25, 0.3) is 0 Å². The molecule has 3 nitrogen and oxygen atoms in total. The lowest BCUT2D eigenvalue weighted by atomic mass is 10.1. The Kier molecular flexibility index (Phi) is 5.64. The molecule has 22 heavy (non-hydrogen) atoms. The number of benzene rings is 1. The van der Waals surface area contributed by atoms with Gasteiger partial charge in [-0.1, -0.05) is 15.9 Å². The van der Waals surface area contributed by atoms with Gasteiger partial charge in [0.1, 0.15) is 6.54 Å². The molecule has 4 heteroatoms. The molecule has 0 aliphatic heterocycles. The Morgan fingerprint density at radius 3 is 2.41 bits per heavy atom. The number of hydrogen-bond donors (Lipinski definition) is 1. The summed E-state index contributed by atoms with van der Waals surface area (Å²) in [4.78, 5) is 0. The van der Waals surface area contributed by atoms with Gasteiger partial charge >= 0.3 is 0 Å². The van der Waals surface area contributed by atoms with Crippen LogP contribution in [0.5, 0.6) is 11.5 Å². The van der Waals surface area contributed by atoms with E-state index in [1.165, 1.54) is 44.1 Å². The van der Waals surface area contributed by atoms with Crippen LogP contribution in [0.15, 0.2) is 16.6 Å². The van der Waals surface area contributed by atoms with Gasteiger partial charge in [0.2, 0.25) is 0 Å². The zero-order valence-electron chi connectivity index (χ0n) is 13.4. The molecule has 1 aromatic carbocycles. The van der Waals surface area contributed by atoms with Crippen molar-refractivity contribution < 1.29 is 14.8 Å². The van der Waals surface area contributed by atoms with Crippen molar-refractivity contribution in [2.75, 3.05) is 7.11 Å². The van der Waals surface area contributed by atoms with E-state index in [0.29, 0.717) is 6.10 Å². The van der Waals surface area contributed by atoms with Gasteiger partial charge in [-0.05, 0) is 63.5 Å². The first-order chi connectivity index (χ1) is 10.8. The molecule has 2 aliphatic carbocycles. The van der Waals surface area contributed by atoms with E-state index in [-0.39, 0.29) is 0 Å². The monoisotopic (exact) mass is 368 g/mol. The van der Waals surface area contributed by atoms with Gasteiger partial charge in [-0.15, -0.1) is 0 Å². The van der Waals surface area contributed by atoms with Gasteiger partial charge in [-0.2, -0.15) is 0 Å². The van der Waals surface area contributed by atoms with E-state index in [1.54, 1.807) is 7.11 Å². The summed E-state index contributed by atoms with van der Waals surface area (Å²) >= 11 is 3.71. The minimum Gasteiger partial charge on any atom is -0.493 e. The average Bonchev–Trinajstić information content (AvgIpc) is 3.19. The predicted molar refractivity (Wildman–Crippen MR) is 91.5 cm³/mol. The fourth-order valence-corrected chi connectivity index (χ4v) is 4.14. The third-order valence-corrected chi connectivity index (χ3v) is 5.74. The first kappa shape index (κ1) is 16.1. The number of ether oxygens (including phenoxy) is 2. The number of hydrogen-bond acceptors (Lipinski definition) is 2. The molecule has 0 aromatic heterocycles. The third kappa shape index (κ3) is 3.96. The highest BCUT2D eigenvalue weighted by atomic mass is 79.9. The van der Waals surface area contributed by atoms with Gasteiger partial charge in [0.05, 0.1) is 19.3 Å². The molecule has 0 unspecified atom stereocenters. The van der Waals surface area contributed by atoms with Crippen molar-refractivity contribution in [1.29, 1.82) is 0 Å². The minimum atomic E-state index is 0.358. The van der Waals surface area contributed by atoms with Gasteiger partial charge in [0, 0.05) is 10.0 Å². The first-order valence-electron chi connectivity index (χ1n) is 8.62. The Bertz CT molecular complexity index is 494. The molecule has 0 amide bonds. The molecule has 0 atom stereocenters. The summed E-state index contributed by atoms with van der Waals surface area (Å²) in [5, 5.41) is 2.48. The second-order valence-electron chi connectivity index (χ2n) is 6.60. The molecular weight excluding hydrogens is 342 g/mol. The van der Waals surface area contributed by atoms with E-state index < -0.39 is 0 Å². The van der Waals surface area contributed by atoms with E-state index in [0.717, 1.165) is 41.4 Å². The molecule has 0 saturated heterocycles. The molecular formula is C18H27BrNO2+. The molecule has 3 rings (SSSR count). The van der Waals surface area contributed by atoms with Crippen molar-refractivity contribution in [2.45, 2.75) is 70.1 Å². The lowest BCUT2D eigenvalue weighted by molar-refractivity contribution is -0.703. The highest BCUT2D eigenvalue weighted by Gasteiger charge is 2.21. The van der Waals surface area contributed by atoms with Gasteiger partial charge in [-0.3, -0.25) is 0 Å². The van der Waals surface area contributed by atoms with E-state index in [2.05, 4.69) is 33.4 Å². The maximum atomic E-state index is 6.15. The number of nitrogens with two attached hydrogens (primary N) is 1. The van der Waals surface area contributed by atoms with Crippen LogP contribution < -0.4 is 14.8 Å². The minimum absolute atomic E-state index is 0.358. The number of methoxy groups -OCH3 is 1. The largest absolute Gasteiger partial charge is 0.493 e. The maximum Gasteiger partial charge on any atom is 0.162 e. The SMILES string of the molecule is COc1cc(C[NH2+]C2CCCC2)c(Br)cc1OC1CCCC1. The van der Waals surface area contributed by atoms with E-state index in [1.807, 2.05) is 0 Å². The summed E-state index contributed by atoms with van der Waals surface area (Å²) in [7, 11) is 1.73. The molecule has 0 heterocycles. The van der Waals surface area contributed by atoms with Crippen LogP contribution in [0.4, 0.5) is 0 Å². The zero-order chi connectivity index (χ0) is 15.4. The lowest BCUT2D eigenvalue weighted by Gasteiger charge is -2.18. The lowest BCUT2D eigenvalue weighted by Crippen LogP contribution is -2.87. The molecule has 1 aromatic rings. The molecule has 2 aliphatic rings. The molecule has 0 bridgehead atoms. The van der Waals surface area contributed by atoms with Crippen molar-refractivity contribution in [2.24, 2.45) is 0 Å². The van der Waals surface area contributed by atoms with E-state index in [4.69, 9.17) is 9.47 Å². The van der Waals surface area contributed by atoms with Crippen LogP contribution >= 0.6 is 15.9 Å². The fourth-order valence-electron chi connectivity index (χ4n) is 3.66. The molecule has 2 N–H and O–H groups in total. The van der Waals surface area contributed by atoms with Crippen molar-refractivity contribution >= 4 is 15.9 Å². The highest BCUT2D eigenvalue weighted by Crippen LogP contribution is 2.36. The van der Waals surface area contributed by atoms with Gasteiger partial charge in [0.15, 0.2) is 11.5 Å². The Labute approximate surface area is 141 Å². The summed E-state index contributed by atoms with van der Waals surface area (Å²) in [6.45, 7) is 1.01. The first-order valence-corrected chi connectivity index (χ1v) is 9.42. The fraction of sp³-hybridized carbons (Fsp3) is 0.667. The second kappa shape index (κ2) is 7.69. The Balaban J connectivity index is 1.68. The number of halogens is 1. The average molecular weight is 369 g/mol. The van der Waals surface area contributed by atoms with Gasteiger partial charge in [-0.25, -0.2) is 0 Å². The molecule has 0 spiro atoms. The second-order valence-corrected chi connectivity index (χ2v) is 7.46. The summed E-state index contributed by atoms with van der Waals surface area (Å²) < 4.78 is 12.8. The number of rotatable bonds is 6. The van der Waals surface area contributed by atoms with Crippen LogP contribution in [0.3, 0.4) is 0 Å². The smallest absolute Gasteiger partial charge is 0.162 e. The van der Waals surface area contributed by atoms with Crippen molar-refractivity contribution in [1.82, 2.24) is 0 Å². The molecule has 2 fully saturated rings. The zero-order valence-corrected chi connectivity index (χ0v) is 15.0. The van der Waals surface area contributed by atoms with Crippen LogP contribution in [0.1, 0.15) is 56.9 Å². The standard InChI is InChI=1S/C18H26BrNO2/c1-21-17-10-13(12-20-14-6-2-3-7-14)16(19)11-18(17)22-15-8-4-5-9-15/h10-11,14-15,20H,2-9,12H2,1H3/p+1.